The molecule has 0 amide bonds. The second-order valence-electron chi connectivity index (χ2n) is 3.92. The first-order chi connectivity index (χ1) is 7.13. The van der Waals surface area contributed by atoms with Gasteiger partial charge in [-0.05, 0) is 38.0 Å². The maximum absolute atomic E-state index is 5.87. The van der Waals surface area contributed by atoms with Gasteiger partial charge in [0, 0.05) is 19.8 Å². The summed E-state index contributed by atoms with van der Waals surface area (Å²) in [7, 11) is 1.72. The Kier molecular flexibility index (Phi) is 4.43. The predicted molar refractivity (Wildman–Crippen MR) is 65.2 cm³/mol. The van der Waals surface area contributed by atoms with Crippen LogP contribution in [0.1, 0.15) is 18.9 Å². The molecule has 3 nitrogen and oxygen atoms in total. The first-order valence-corrected chi connectivity index (χ1v) is 5.25. The van der Waals surface area contributed by atoms with Crippen LogP contribution < -0.4 is 11.1 Å². The van der Waals surface area contributed by atoms with E-state index in [1.807, 2.05) is 12.1 Å². The molecule has 0 aliphatic carbocycles. The second-order valence-corrected chi connectivity index (χ2v) is 3.92. The van der Waals surface area contributed by atoms with Gasteiger partial charge in [0.2, 0.25) is 0 Å². The molecule has 3 N–H and O–H groups in total. The molecule has 0 heterocycles. The Morgan fingerprint density at radius 1 is 1.47 bits per heavy atom. The summed E-state index contributed by atoms with van der Waals surface area (Å²) in [5.74, 6) is 0. The number of methoxy groups -OCH3 is 1. The molecular formula is C12H20N2O. The van der Waals surface area contributed by atoms with Gasteiger partial charge in [-0.15, -0.1) is 0 Å². The highest BCUT2D eigenvalue weighted by Crippen LogP contribution is 2.20. The van der Waals surface area contributed by atoms with Crippen molar-refractivity contribution in [2.45, 2.75) is 26.3 Å². The van der Waals surface area contributed by atoms with Gasteiger partial charge < -0.3 is 15.8 Å². The van der Waals surface area contributed by atoms with Crippen molar-refractivity contribution in [1.29, 1.82) is 0 Å². The van der Waals surface area contributed by atoms with Crippen LogP contribution >= 0.6 is 0 Å². The van der Waals surface area contributed by atoms with Crippen LogP contribution in [0.15, 0.2) is 18.2 Å². The molecule has 3 heteroatoms. The molecule has 0 fully saturated rings. The lowest BCUT2D eigenvalue weighted by Gasteiger charge is -2.16. The fraction of sp³-hybridized carbons (Fsp3) is 0.500. The zero-order valence-corrected chi connectivity index (χ0v) is 9.71. The van der Waals surface area contributed by atoms with Crippen LogP contribution in [0, 0.1) is 6.92 Å². The molecule has 1 aromatic carbocycles. The van der Waals surface area contributed by atoms with Crippen LogP contribution in [0.5, 0.6) is 0 Å². The molecule has 1 aromatic rings. The fourth-order valence-electron chi connectivity index (χ4n) is 1.43. The minimum absolute atomic E-state index is 0.369. The second kappa shape index (κ2) is 5.61. The molecule has 84 valence electrons. The van der Waals surface area contributed by atoms with E-state index in [2.05, 4.69) is 25.2 Å². The van der Waals surface area contributed by atoms with E-state index in [-0.39, 0.29) is 0 Å². The molecular weight excluding hydrogens is 188 g/mol. The van der Waals surface area contributed by atoms with Gasteiger partial charge in [-0.2, -0.15) is 0 Å². The number of rotatable bonds is 5. The molecule has 0 saturated carbocycles. The molecule has 1 unspecified atom stereocenters. The fourth-order valence-corrected chi connectivity index (χ4v) is 1.43. The van der Waals surface area contributed by atoms with E-state index in [1.165, 1.54) is 5.56 Å². The Bertz CT molecular complexity index is 312. The average Bonchev–Trinajstić information content (AvgIpc) is 2.20. The number of ether oxygens (including phenoxy) is 1. The van der Waals surface area contributed by atoms with Crippen molar-refractivity contribution in [3.63, 3.8) is 0 Å². The molecule has 15 heavy (non-hydrogen) atoms. The first kappa shape index (κ1) is 11.9. The molecule has 0 radical (unpaired) electrons. The van der Waals surface area contributed by atoms with E-state index >= 15 is 0 Å². The summed E-state index contributed by atoms with van der Waals surface area (Å²) in [6, 6.07) is 6.38. The van der Waals surface area contributed by atoms with Crippen molar-refractivity contribution < 1.29 is 4.74 Å². The van der Waals surface area contributed by atoms with E-state index in [0.717, 1.165) is 24.4 Å². The summed E-state index contributed by atoms with van der Waals surface area (Å²) in [4.78, 5) is 0. The number of nitrogen functional groups attached to an aromatic ring is 1. The van der Waals surface area contributed by atoms with Crippen LogP contribution in [-0.2, 0) is 4.74 Å². The van der Waals surface area contributed by atoms with Crippen molar-refractivity contribution in [2.75, 3.05) is 24.8 Å². The normalized spacial score (nSPS) is 12.5. The molecule has 1 rings (SSSR count). The van der Waals surface area contributed by atoms with Gasteiger partial charge >= 0.3 is 0 Å². The van der Waals surface area contributed by atoms with Crippen molar-refractivity contribution >= 4 is 11.4 Å². The highest BCUT2D eigenvalue weighted by molar-refractivity contribution is 5.67. The predicted octanol–water partition coefficient (Wildman–Crippen LogP) is 2.41. The smallest absolute Gasteiger partial charge is 0.0578 e. The average molecular weight is 208 g/mol. The molecule has 0 spiro atoms. The number of nitrogens with one attached hydrogen (secondary N) is 1. The summed E-state index contributed by atoms with van der Waals surface area (Å²) in [5.41, 5.74) is 8.89. The number of hydrogen-bond acceptors (Lipinski definition) is 3. The number of nitrogens with two attached hydrogens (primary N) is 1. The quantitative estimate of drug-likeness (QED) is 0.730. The van der Waals surface area contributed by atoms with Gasteiger partial charge in [0.1, 0.15) is 0 Å². The van der Waals surface area contributed by atoms with Crippen LogP contribution in [0.4, 0.5) is 11.4 Å². The Morgan fingerprint density at radius 3 is 2.87 bits per heavy atom. The number of aryl methyl sites for hydroxylation is 1. The Balaban J connectivity index is 2.59. The SMILES string of the molecule is COCCC(C)Nc1cc(C)ccc1N. The third-order valence-corrected chi connectivity index (χ3v) is 2.37. The summed E-state index contributed by atoms with van der Waals surface area (Å²) >= 11 is 0. The van der Waals surface area contributed by atoms with Gasteiger partial charge in [0.05, 0.1) is 11.4 Å². The van der Waals surface area contributed by atoms with Crippen molar-refractivity contribution in [3.8, 4) is 0 Å². The lowest BCUT2D eigenvalue weighted by atomic mass is 10.1. The Labute approximate surface area is 91.6 Å². The van der Waals surface area contributed by atoms with Gasteiger partial charge in [0.15, 0.2) is 0 Å². The van der Waals surface area contributed by atoms with E-state index in [1.54, 1.807) is 7.11 Å². The van der Waals surface area contributed by atoms with Crippen LogP contribution in [0.25, 0.3) is 0 Å². The highest BCUT2D eigenvalue weighted by atomic mass is 16.5. The lowest BCUT2D eigenvalue weighted by molar-refractivity contribution is 0.191. The van der Waals surface area contributed by atoms with Gasteiger partial charge in [-0.25, -0.2) is 0 Å². The molecule has 0 aromatic heterocycles. The Hall–Kier alpha value is -1.22. The third kappa shape index (κ3) is 3.80. The van der Waals surface area contributed by atoms with Crippen molar-refractivity contribution in [3.05, 3.63) is 23.8 Å². The summed E-state index contributed by atoms with van der Waals surface area (Å²) in [6.45, 7) is 4.95. The van der Waals surface area contributed by atoms with E-state index < -0.39 is 0 Å². The molecule has 0 saturated heterocycles. The molecule has 0 bridgehead atoms. The minimum atomic E-state index is 0.369. The van der Waals surface area contributed by atoms with Crippen LogP contribution in [0.2, 0.25) is 0 Å². The van der Waals surface area contributed by atoms with Gasteiger partial charge in [0.25, 0.3) is 0 Å². The van der Waals surface area contributed by atoms with E-state index in [4.69, 9.17) is 10.5 Å². The minimum Gasteiger partial charge on any atom is -0.397 e. The lowest BCUT2D eigenvalue weighted by Crippen LogP contribution is -2.18. The molecule has 0 aliphatic rings. The molecule has 0 aliphatic heterocycles. The van der Waals surface area contributed by atoms with Crippen molar-refractivity contribution in [1.82, 2.24) is 0 Å². The molecule has 1 atom stereocenters. The van der Waals surface area contributed by atoms with Gasteiger partial charge in [-0.3, -0.25) is 0 Å². The maximum atomic E-state index is 5.87. The monoisotopic (exact) mass is 208 g/mol. The number of hydrogen-bond donors (Lipinski definition) is 2. The summed E-state index contributed by atoms with van der Waals surface area (Å²) in [5, 5.41) is 3.38. The Morgan fingerprint density at radius 2 is 2.20 bits per heavy atom. The van der Waals surface area contributed by atoms with Crippen LogP contribution in [-0.4, -0.2) is 19.8 Å². The zero-order valence-electron chi connectivity index (χ0n) is 9.71. The number of benzene rings is 1. The standard InChI is InChI=1S/C12H20N2O/c1-9-4-5-11(13)12(8-9)14-10(2)6-7-15-3/h4-5,8,10,14H,6-7,13H2,1-3H3. The first-order valence-electron chi connectivity index (χ1n) is 5.25. The number of anilines is 2. The van der Waals surface area contributed by atoms with E-state index in [9.17, 15) is 0 Å². The highest BCUT2D eigenvalue weighted by Gasteiger charge is 2.04. The summed E-state index contributed by atoms with van der Waals surface area (Å²) < 4.78 is 5.03. The van der Waals surface area contributed by atoms with Crippen molar-refractivity contribution in [2.24, 2.45) is 0 Å². The zero-order chi connectivity index (χ0) is 11.3. The third-order valence-electron chi connectivity index (χ3n) is 2.37. The largest absolute Gasteiger partial charge is 0.397 e. The van der Waals surface area contributed by atoms with Crippen LogP contribution in [0.3, 0.4) is 0 Å². The van der Waals surface area contributed by atoms with E-state index in [0.29, 0.717) is 6.04 Å². The van der Waals surface area contributed by atoms with Gasteiger partial charge in [-0.1, -0.05) is 6.07 Å². The topological polar surface area (TPSA) is 47.3 Å². The summed E-state index contributed by atoms with van der Waals surface area (Å²) in [6.07, 6.45) is 0.976. The maximum Gasteiger partial charge on any atom is 0.0578 e.